The molecule has 1 heterocycles. The Morgan fingerprint density at radius 2 is 1.49 bits per heavy atom. The second-order valence-electron chi connectivity index (χ2n) is 9.62. The lowest BCUT2D eigenvalue weighted by Gasteiger charge is -2.25. The topological polar surface area (TPSA) is 30.3 Å². The van der Waals surface area contributed by atoms with Crippen LogP contribution < -0.4 is 4.74 Å². The molecule has 0 amide bonds. The van der Waals surface area contributed by atoms with Gasteiger partial charge in [0.05, 0.1) is 5.69 Å². The number of hydrogen-bond acceptors (Lipinski definition) is 4. The second kappa shape index (κ2) is 14.0. The largest absolute Gasteiger partial charge is 0.435 e. The van der Waals surface area contributed by atoms with Crippen LogP contribution in [0.3, 0.4) is 0 Å². The molecule has 0 aliphatic carbocycles. The number of aromatic nitrogens is 2. The molecule has 0 unspecified atom stereocenters. The van der Waals surface area contributed by atoms with Gasteiger partial charge in [-0.05, 0) is 48.1 Å². The minimum absolute atomic E-state index is 0.0159. The van der Waals surface area contributed by atoms with Crippen LogP contribution in [0.25, 0.3) is 11.4 Å². The average Bonchev–Trinajstić information content (AvgIpc) is 3.32. The molecular formula is C31H32F5N3OS. The summed E-state index contributed by atoms with van der Waals surface area (Å²) in [6.45, 7) is 0.101. The van der Waals surface area contributed by atoms with E-state index >= 15 is 0 Å². The van der Waals surface area contributed by atoms with E-state index in [1.54, 1.807) is 52.7 Å². The van der Waals surface area contributed by atoms with Crippen molar-refractivity contribution in [2.24, 2.45) is 0 Å². The van der Waals surface area contributed by atoms with Gasteiger partial charge in [0.15, 0.2) is 5.69 Å². The van der Waals surface area contributed by atoms with Crippen molar-refractivity contribution in [3.05, 3.63) is 101 Å². The number of unbranched alkanes of at least 4 members (excludes halogenated alkanes) is 1. The smallest absolute Gasteiger partial charge is 0.435 e. The Kier molecular flexibility index (Phi) is 10.4. The van der Waals surface area contributed by atoms with E-state index < -0.39 is 18.5 Å². The molecule has 0 atom stereocenters. The highest BCUT2D eigenvalue weighted by Gasteiger charge is 2.39. The third-order valence-electron chi connectivity index (χ3n) is 6.60. The summed E-state index contributed by atoms with van der Waals surface area (Å²) in [6.07, 6.45) is -1.16. The van der Waals surface area contributed by atoms with E-state index in [0.29, 0.717) is 30.9 Å². The normalized spacial score (nSPS) is 11.9. The molecule has 3 aromatic carbocycles. The number of benzene rings is 3. The summed E-state index contributed by atoms with van der Waals surface area (Å²) in [5, 5.41) is 0. The maximum Gasteiger partial charge on any atom is 0.435 e. The number of halogens is 5. The molecule has 0 saturated carbocycles. The fourth-order valence-corrected chi connectivity index (χ4v) is 5.05. The number of imidazole rings is 1. The molecule has 0 aliphatic rings. The Bertz CT molecular complexity index is 1370. The Morgan fingerprint density at radius 1 is 0.878 bits per heavy atom. The molecule has 218 valence electrons. The van der Waals surface area contributed by atoms with Crippen LogP contribution in [-0.4, -0.2) is 27.3 Å². The van der Waals surface area contributed by atoms with E-state index in [1.165, 1.54) is 12.1 Å². The van der Waals surface area contributed by atoms with Gasteiger partial charge >= 0.3 is 12.8 Å². The Morgan fingerprint density at radius 3 is 2.02 bits per heavy atom. The molecule has 0 radical (unpaired) electrons. The van der Waals surface area contributed by atoms with Crippen LogP contribution in [0.4, 0.5) is 22.0 Å². The lowest BCUT2D eigenvalue weighted by molar-refractivity contribution is -0.141. The highest BCUT2D eigenvalue weighted by Crippen LogP contribution is 2.36. The third kappa shape index (κ3) is 8.33. The maximum absolute atomic E-state index is 14.4. The van der Waals surface area contributed by atoms with E-state index in [0.717, 1.165) is 22.4 Å². The van der Waals surface area contributed by atoms with Crippen LogP contribution >= 0.6 is 11.8 Å². The first-order valence-corrected chi connectivity index (χ1v) is 14.5. The van der Waals surface area contributed by atoms with Gasteiger partial charge in [-0.2, -0.15) is 22.0 Å². The highest BCUT2D eigenvalue weighted by molar-refractivity contribution is 7.98. The molecule has 1 aromatic heterocycles. The lowest BCUT2D eigenvalue weighted by Crippen LogP contribution is -2.26. The van der Waals surface area contributed by atoms with Crippen molar-refractivity contribution >= 4 is 11.8 Å². The van der Waals surface area contributed by atoms with Crippen LogP contribution in [0.5, 0.6) is 5.75 Å². The van der Waals surface area contributed by atoms with E-state index in [1.807, 2.05) is 48.4 Å². The quantitative estimate of drug-likeness (QED) is 0.115. The van der Waals surface area contributed by atoms with Gasteiger partial charge in [-0.3, -0.25) is 4.90 Å². The van der Waals surface area contributed by atoms with Crippen LogP contribution in [0.2, 0.25) is 0 Å². The van der Waals surface area contributed by atoms with E-state index in [4.69, 9.17) is 0 Å². The molecule has 0 aliphatic heterocycles. The summed E-state index contributed by atoms with van der Waals surface area (Å²) in [6, 6.07) is 23.0. The lowest BCUT2D eigenvalue weighted by atomic mass is 10.1. The molecule has 41 heavy (non-hydrogen) atoms. The highest BCUT2D eigenvalue weighted by atomic mass is 32.2. The van der Waals surface area contributed by atoms with E-state index in [9.17, 15) is 22.0 Å². The van der Waals surface area contributed by atoms with Crippen molar-refractivity contribution in [1.82, 2.24) is 14.5 Å². The summed E-state index contributed by atoms with van der Waals surface area (Å²) < 4.78 is 74.7. The minimum atomic E-state index is -4.64. The van der Waals surface area contributed by atoms with Crippen LogP contribution in [0.15, 0.2) is 83.8 Å². The summed E-state index contributed by atoms with van der Waals surface area (Å²) in [4.78, 5) is 7.15. The Balaban J connectivity index is 1.75. The molecule has 0 bridgehead atoms. The number of alkyl halides is 5. The third-order valence-corrected chi connectivity index (χ3v) is 7.35. The van der Waals surface area contributed by atoms with Crippen molar-refractivity contribution in [3.8, 4) is 17.1 Å². The zero-order chi connectivity index (χ0) is 29.4. The van der Waals surface area contributed by atoms with Crippen molar-refractivity contribution in [3.63, 3.8) is 0 Å². The van der Waals surface area contributed by atoms with Crippen molar-refractivity contribution in [2.75, 3.05) is 6.26 Å². The van der Waals surface area contributed by atoms with Crippen molar-refractivity contribution < 1.29 is 26.7 Å². The van der Waals surface area contributed by atoms with Crippen LogP contribution in [0, 0.1) is 0 Å². The summed E-state index contributed by atoms with van der Waals surface area (Å²) >= 11 is 1.61. The van der Waals surface area contributed by atoms with Gasteiger partial charge in [-0.25, -0.2) is 4.98 Å². The molecule has 4 rings (SSSR count). The number of thioether (sulfide) groups is 1. The molecule has 0 fully saturated rings. The van der Waals surface area contributed by atoms with E-state index in [-0.39, 0.29) is 24.5 Å². The SMILES string of the molecule is CCCCn1c(-c2ccccc2)nc(C(F)(F)F)c1CN(Cc1ccc(OC(F)F)cc1)Cc1ccc(SC)cc1. The monoisotopic (exact) mass is 589 g/mol. The van der Waals surface area contributed by atoms with Crippen molar-refractivity contribution in [2.45, 2.75) is 63.6 Å². The average molecular weight is 590 g/mol. The maximum atomic E-state index is 14.4. The van der Waals surface area contributed by atoms with Crippen molar-refractivity contribution in [1.29, 1.82) is 0 Å². The first kappa shape index (κ1) is 30.6. The van der Waals surface area contributed by atoms with Gasteiger partial charge in [0, 0.05) is 36.6 Å². The summed E-state index contributed by atoms with van der Waals surface area (Å²) in [5.74, 6) is 0.312. The predicted molar refractivity (Wildman–Crippen MR) is 152 cm³/mol. The minimum Gasteiger partial charge on any atom is -0.435 e. The summed E-state index contributed by atoms with van der Waals surface area (Å²) in [5.41, 5.74) is 1.52. The zero-order valence-corrected chi connectivity index (χ0v) is 23.7. The van der Waals surface area contributed by atoms with Gasteiger partial charge in [-0.15, -0.1) is 11.8 Å². The van der Waals surface area contributed by atoms with Gasteiger partial charge < -0.3 is 9.30 Å². The number of hydrogen-bond donors (Lipinski definition) is 0. The first-order valence-electron chi connectivity index (χ1n) is 13.3. The molecule has 0 N–H and O–H groups in total. The number of nitrogens with zero attached hydrogens (tertiary/aromatic N) is 3. The summed E-state index contributed by atoms with van der Waals surface area (Å²) in [7, 11) is 0. The number of ether oxygens (including phenoxy) is 1. The van der Waals surface area contributed by atoms with Gasteiger partial charge in [-0.1, -0.05) is 67.9 Å². The standard InChI is InChI=1S/C31H32F5N3OS/c1-3-4-18-39-27(28(31(34,35)36)37-29(39)24-8-6-5-7-9-24)21-38(20-23-12-16-26(41-2)17-13-23)19-22-10-14-25(15-11-22)40-30(32)33/h5-17,30H,3-4,18-21H2,1-2H3. The zero-order valence-electron chi connectivity index (χ0n) is 22.9. The Labute approximate surface area is 241 Å². The fraction of sp³-hybridized carbons (Fsp3) is 0.323. The van der Waals surface area contributed by atoms with Crippen LogP contribution in [0.1, 0.15) is 42.3 Å². The molecule has 4 aromatic rings. The predicted octanol–water partition coefficient (Wildman–Crippen LogP) is 8.89. The molecule has 4 nitrogen and oxygen atoms in total. The second-order valence-corrected chi connectivity index (χ2v) is 10.5. The van der Waals surface area contributed by atoms with Gasteiger partial charge in [0.1, 0.15) is 11.6 Å². The van der Waals surface area contributed by atoms with E-state index in [2.05, 4.69) is 9.72 Å². The number of rotatable bonds is 13. The molecule has 10 heteroatoms. The fourth-order valence-electron chi connectivity index (χ4n) is 4.64. The van der Waals surface area contributed by atoms with Crippen LogP contribution in [-0.2, 0) is 32.4 Å². The Hall–Kier alpha value is -3.37. The van der Waals surface area contributed by atoms with Gasteiger partial charge in [0.2, 0.25) is 0 Å². The van der Waals surface area contributed by atoms with Gasteiger partial charge in [0.25, 0.3) is 0 Å². The molecule has 0 spiro atoms. The molecule has 0 saturated heterocycles. The molecular weight excluding hydrogens is 557 g/mol. The first-order chi connectivity index (χ1) is 19.7.